The minimum Gasteiger partial charge on any atom is -0.478 e. The van der Waals surface area contributed by atoms with Crippen LogP contribution in [0.4, 0.5) is 5.69 Å². The van der Waals surface area contributed by atoms with Gasteiger partial charge in [-0.1, -0.05) is 0 Å². The Morgan fingerprint density at radius 3 is 2.33 bits per heavy atom. The molecule has 1 rings (SSSR count). The molecule has 3 N–H and O–H groups in total. The van der Waals surface area contributed by atoms with Gasteiger partial charge in [0.15, 0.2) is 0 Å². The normalized spacial score (nSPS) is 10.8. The van der Waals surface area contributed by atoms with Gasteiger partial charge in [0.2, 0.25) is 0 Å². The maximum Gasteiger partial charge on any atom is 0.352 e. The first-order valence-electron chi connectivity index (χ1n) is 3.94. The van der Waals surface area contributed by atoms with Crippen LogP contribution in [0.15, 0.2) is 36.3 Å². The summed E-state index contributed by atoms with van der Waals surface area (Å²) in [5.74, 6) is -2.66. The van der Waals surface area contributed by atoms with Crippen LogP contribution in [0.3, 0.4) is 0 Å². The van der Waals surface area contributed by atoms with Crippen molar-refractivity contribution in [2.45, 2.75) is 0 Å². The maximum absolute atomic E-state index is 10.6. The van der Waals surface area contributed by atoms with Gasteiger partial charge in [-0.3, -0.25) is 4.98 Å². The van der Waals surface area contributed by atoms with Crippen molar-refractivity contribution in [2.24, 2.45) is 0 Å². The molecule has 6 heteroatoms. The fourth-order valence-electron chi connectivity index (χ4n) is 0.866. The Balaban J connectivity index is 2.86. The summed E-state index contributed by atoms with van der Waals surface area (Å²) >= 11 is 0. The lowest BCUT2D eigenvalue weighted by Gasteiger charge is -2.04. The monoisotopic (exact) mass is 208 g/mol. The highest BCUT2D eigenvalue weighted by Crippen LogP contribution is 2.07. The van der Waals surface area contributed by atoms with E-state index in [1.807, 2.05) is 0 Å². The van der Waals surface area contributed by atoms with E-state index in [0.717, 1.165) is 0 Å². The van der Waals surface area contributed by atoms with Crippen LogP contribution in [0.5, 0.6) is 0 Å². The Labute approximate surface area is 84.9 Å². The molecule has 0 aliphatic rings. The van der Waals surface area contributed by atoms with E-state index < -0.39 is 17.6 Å². The van der Waals surface area contributed by atoms with Crippen LogP contribution in [-0.4, -0.2) is 27.1 Å². The zero-order valence-electron chi connectivity index (χ0n) is 7.54. The fraction of sp³-hybridized carbons (Fsp3) is 0. The van der Waals surface area contributed by atoms with Gasteiger partial charge in [-0.25, -0.2) is 9.59 Å². The van der Waals surface area contributed by atoms with Crippen molar-refractivity contribution >= 4 is 17.6 Å². The van der Waals surface area contributed by atoms with Crippen LogP contribution in [0.1, 0.15) is 0 Å². The Morgan fingerprint density at radius 2 is 1.87 bits per heavy atom. The van der Waals surface area contributed by atoms with Gasteiger partial charge in [0.25, 0.3) is 0 Å². The summed E-state index contributed by atoms with van der Waals surface area (Å²) < 4.78 is 0. The number of aromatic nitrogens is 1. The van der Waals surface area contributed by atoms with Gasteiger partial charge in [-0.15, -0.1) is 0 Å². The number of nitrogens with one attached hydrogen (secondary N) is 1. The third-order valence-corrected chi connectivity index (χ3v) is 1.46. The Morgan fingerprint density at radius 1 is 1.27 bits per heavy atom. The third-order valence-electron chi connectivity index (χ3n) is 1.46. The lowest BCUT2D eigenvalue weighted by molar-refractivity contribution is -0.134. The number of aliphatic carboxylic acids is 2. The largest absolute Gasteiger partial charge is 0.478 e. The van der Waals surface area contributed by atoms with Crippen molar-refractivity contribution in [1.82, 2.24) is 4.98 Å². The van der Waals surface area contributed by atoms with Crippen LogP contribution in [0.2, 0.25) is 0 Å². The highest BCUT2D eigenvalue weighted by Gasteiger charge is 2.09. The van der Waals surface area contributed by atoms with Gasteiger partial charge in [0.1, 0.15) is 5.70 Å². The third kappa shape index (κ3) is 3.47. The molecular formula is C9H8N2O4. The van der Waals surface area contributed by atoms with Crippen molar-refractivity contribution in [3.05, 3.63) is 36.3 Å². The van der Waals surface area contributed by atoms with Crippen molar-refractivity contribution in [2.75, 3.05) is 5.32 Å². The second kappa shape index (κ2) is 4.75. The summed E-state index contributed by atoms with van der Waals surface area (Å²) in [5, 5.41) is 19.5. The number of hydrogen-bond donors (Lipinski definition) is 3. The van der Waals surface area contributed by atoms with Crippen molar-refractivity contribution in [3.63, 3.8) is 0 Å². The van der Waals surface area contributed by atoms with Crippen LogP contribution in [0, 0.1) is 0 Å². The summed E-state index contributed by atoms with van der Waals surface area (Å²) in [7, 11) is 0. The van der Waals surface area contributed by atoms with Crippen LogP contribution in [-0.2, 0) is 9.59 Å². The Hall–Kier alpha value is -2.37. The molecule has 0 atom stereocenters. The second-order valence-corrected chi connectivity index (χ2v) is 2.56. The zero-order chi connectivity index (χ0) is 11.3. The molecule has 0 spiro atoms. The molecule has 0 aliphatic carbocycles. The molecule has 0 saturated heterocycles. The molecule has 0 amide bonds. The van der Waals surface area contributed by atoms with E-state index in [1.165, 1.54) is 24.5 Å². The van der Waals surface area contributed by atoms with E-state index in [2.05, 4.69) is 10.3 Å². The van der Waals surface area contributed by atoms with E-state index >= 15 is 0 Å². The highest BCUT2D eigenvalue weighted by molar-refractivity contribution is 5.97. The number of pyridine rings is 1. The summed E-state index contributed by atoms with van der Waals surface area (Å²) in [6.07, 6.45) is 3.51. The first kappa shape index (κ1) is 10.7. The molecular weight excluding hydrogens is 200 g/mol. The highest BCUT2D eigenvalue weighted by atomic mass is 16.4. The molecule has 0 bridgehead atoms. The topological polar surface area (TPSA) is 99.5 Å². The smallest absolute Gasteiger partial charge is 0.352 e. The standard InChI is InChI=1S/C9H8N2O4/c12-8(13)5-7(9(14)15)11-6-1-3-10-4-2-6/h1-5H,(H,10,11)(H,12,13)(H,14,15)/b7-5-. The van der Waals surface area contributed by atoms with E-state index in [9.17, 15) is 9.59 Å². The molecule has 1 aromatic heterocycles. The molecule has 6 nitrogen and oxygen atoms in total. The van der Waals surface area contributed by atoms with Gasteiger partial charge >= 0.3 is 11.9 Å². The predicted octanol–water partition coefficient (Wildman–Crippen LogP) is 0.547. The van der Waals surface area contributed by atoms with Crippen LogP contribution < -0.4 is 5.32 Å². The number of nitrogens with zero attached hydrogens (tertiary/aromatic N) is 1. The quantitative estimate of drug-likeness (QED) is 0.624. The lowest BCUT2D eigenvalue weighted by Crippen LogP contribution is -2.12. The van der Waals surface area contributed by atoms with Gasteiger partial charge in [-0.05, 0) is 12.1 Å². The van der Waals surface area contributed by atoms with Crippen LogP contribution in [0.25, 0.3) is 0 Å². The minimum absolute atomic E-state index is 0.409. The lowest BCUT2D eigenvalue weighted by atomic mass is 10.3. The molecule has 0 fully saturated rings. The predicted molar refractivity (Wildman–Crippen MR) is 51.2 cm³/mol. The SMILES string of the molecule is O=C(O)/C=C(\Nc1ccncc1)C(=O)O. The average Bonchev–Trinajstić information content (AvgIpc) is 2.17. The van der Waals surface area contributed by atoms with Crippen LogP contribution >= 0.6 is 0 Å². The first-order valence-corrected chi connectivity index (χ1v) is 3.94. The molecule has 15 heavy (non-hydrogen) atoms. The summed E-state index contributed by atoms with van der Waals surface area (Å²) in [6, 6.07) is 3.05. The van der Waals surface area contributed by atoms with Gasteiger partial charge in [0, 0.05) is 18.1 Å². The molecule has 0 radical (unpaired) electrons. The van der Waals surface area contributed by atoms with Gasteiger partial charge in [0.05, 0.1) is 6.08 Å². The number of carbonyl (C=O) groups is 2. The van der Waals surface area contributed by atoms with Crippen molar-refractivity contribution in [1.29, 1.82) is 0 Å². The summed E-state index contributed by atoms with van der Waals surface area (Å²) in [4.78, 5) is 24.7. The zero-order valence-corrected chi connectivity index (χ0v) is 7.54. The summed E-state index contributed by atoms with van der Waals surface area (Å²) in [6.45, 7) is 0. The van der Waals surface area contributed by atoms with Gasteiger partial charge in [-0.2, -0.15) is 0 Å². The van der Waals surface area contributed by atoms with Crippen molar-refractivity contribution < 1.29 is 19.8 Å². The van der Waals surface area contributed by atoms with E-state index in [1.54, 1.807) is 0 Å². The number of carboxylic acids is 2. The molecule has 1 heterocycles. The van der Waals surface area contributed by atoms with E-state index in [-0.39, 0.29) is 0 Å². The Kier molecular flexibility index (Phi) is 3.39. The molecule has 0 aliphatic heterocycles. The average molecular weight is 208 g/mol. The molecule has 0 saturated carbocycles. The number of rotatable bonds is 4. The summed E-state index contributed by atoms with van der Waals surface area (Å²) in [5.41, 5.74) is 0.0496. The number of anilines is 1. The fourth-order valence-corrected chi connectivity index (χ4v) is 0.866. The molecule has 1 aromatic rings. The number of carboxylic acid groups (broad SMARTS) is 2. The van der Waals surface area contributed by atoms with Gasteiger partial charge < -0.3 is 15.5 Å². The van der Waals surface area contributed by atoms with E-state index in [4.69, 9.17) is 10.2 Å². The molecule has 0 unspecified atom stereocenters. The maximum atomic E-state index is 10.6. The van der Waals surface area contributed by atoms with E-state index in [0.29, 0.717) is 11.8 Å². The molecule has 78 valence electrons. The Bertz CT molecular complexity index is 400. The molecule has 0 aromatic carbocycles. The second-order valence-electron chi connectivity index (χ2n) is 2.56. The van der Waals surface area contributed by atoms with Crippen molar-refractivity contribution in [3.8, 4) is 0 Å². The first-order chi connectivity index (χ1) is 7.09. The minimum atomic E-state index is -1.34. The number of hydrogen-bond acceptors (Lipinski definition) is 4.